The minimum Gasteiger partial charge on any atom is -0.457 e. The molecule has 3 N–H and O–H groups in total. The number of pyridine rings is 1. The quantitative estimate of drug-likeness (QED) is 0.116. The molecule has 0 radical (unpaired) electrons. The number of nitrogens with one attached hydrogen (secondary N) is 1. The molecule has 0 unspecified atom stereocenters. The van der Waals surface area contributed by atoms with Crippen molar-refractivity contribution in [2.75, 3.05) is 25.0 Å². The van der Waals surface area contributed by atoms with Crippen molar-refractivity contribution in [2.24, 2.45) is 5.73 Å². The first kappa shape index (κ1) is 48.2. The molecule has 1 amide bonds. The Bertz CT molecular complexity index is 3640. The number of hydrogen-bond donors (Lipinski definition) is 2. The van der Waals surface area contributed by atoms with E-state index < -0.39 is 17.0 Å². The fourth-order valence-corrected chi connectivity index (χ4v) is 11.0. The zero-order valence-electron chi connectivity index (χ0n) is 42.3. The highest BCUT2D eigenvalue weighted by atomic mass is 16.5. The van der Waals surface area contributed by atoms with Crippen molar-refractivity contribution >= 4 is 28.5 Å². The number of hydrogen-bond acceptors (Lipinski definition) is 8. The predicted octanol–water partition coefficient (Wildman–Crippen LogP) is 11.9. The normalized spacial score (nSPS) is 13.9. The largest absolute Gasteiger partial charge is 0.457 e. The number of primary amides is 1. The van der Waals surface area contributed by atoms with Crippen molar-refractivity contribution in [3.63, 3.8) is 0 Å². The van der Waals surface area contributed by atoms with Gasteiger partial charge in [0.1, 0.15) is 33.9 Å². The molecule has 0 aliphatic carbocycles. The van der Waals surface area contributed by atoms with E-state index in [1.165, 1.54) is 0 Å². The maximum atomic E-state index is 12.9. The molecular formula is C66H55N9O2. The topological polar surface area (TPSA) is 129 Å². The lowest BCUT2D eigenvalue weighted by atomic mass is 9.77. The minimum absolute atomic E-state index is 0.0430. The molecule has 11 aromatic rings. The van der Waals surface area contributed by atoms with Gasteiger partial charge in [0, 0.05) is 30.4 Å². The molecule has 77 heavy (non-hydrogen) atoms. The van der Waals surface area contributed by atoms with Gasteiger partial charge in [0.25, 0.3) is 0 Å². The van der Waals surface area contributed by atoms with Gasteiger partial charge in [0.15, 0.2) is 5.65 Å². The zero-order valence-corrected chi connectivity index (χ0v) is 42.3. The number of aromatic nitrogens is 6. The highest BCUT2D eigenvalue weighted by molar-refractivity contribution is 5.94. The summed E-state index contributed by atoms with van der Waals surface area (Å²) in [5.41, 5.74) is 15.6. The summed E-state index contributed by atoms with van der Waals surface area (Å²) in [5, 5.41) is 19.6. The van der Waals surface area contributed by atoms with Gasteiger partial charge in [-0.25, -0.2) is 9.67 Å². The fourth-order valence-electron chi connectivity index (χ4n) is 11.0. The van der Waals surface area contributed by atoms with Crippen LogP contribution in [0.2, 0.25) is 0 Å². The molecule has 1 aliphatic rings. The molecule has 1 aliphatic heterocycles. The molecule has 376 valence electrons. The van der Waals surface area contributed by atoms with Gasteiger partial charge in [0.2, 0.25) is 5.91 Å². The summed E-state index contributed by atoms with van der Waals surface area (Å²) in [6.07, 6.45) is 6.77. The van der Waals surface area contributed by atoms with Crippen molar-refractivity contribution in [1.82, 2.24) is 34.7 Å². The molecule has 0 spiro atoms. The summed E-state index contributed by atoms with van der Waals surface area (Å²) in [7, 11) is 0. The average Bonchev–Trinajstić information content (AvgIpc) is 4.33. The van der Waals surface area contributed by atoms with Crippen molar-refractivity contribution in [2.45, 2.75) is 24.0 Å². The second kappa shape index (κ2) is 21.3. The van der Waals surface area contributed by atoms with Crippen molar-refractivity contribution < 1.29 is 9.53 Å². The third kappa shape index (κ3) is 9.56. The second-order valence-electron chi connectivity index (χ2n) is 19.4. The van der Waals surface area contributed by atoms with Crippen molar-refractivity contribution in [3.8, 4) is 11.5 Å². The number of amides is 1. The highest BCUT2D eigenvalue weighted by Crippen LogP contribution is 2.45. The first-order chi connectivity index (χ1) is 37.9. The molecule has 0 saturated heterocycles. The highest BCUT2D eigenvalue weighted by Gasteiger charge is 2.43. The van der Waals surface area contributed by atoms with E-state index >= 15 is 0 Å². The van der Waals surface area contributed by atoms with Crippen LogP contribution in [0.3, 0.4) is 0 Å². The maximum absolute atomic E-state index is 12.9. The first-order valence-corrected chi connectivity index (χ1v) is 25.9. The summed E-state index contributed by atoms with van der Waals surface area (Å²) < 4.78 is 10.3. The van der Waals surface area contributed by atoms with Crippen LogP contribution in [-0.4, -0.2) is 60.2 Å². The number of anilines is 1. The van der Waals surface area contributed by atoms with Gasteiger partial charge in [-0.1, -0.05) is 218 Å². The third-order valence-corrected chi connectivity index (χ3v) is 14.5. The van der Waals surface area contributed by atoms with E-state index in [4.69, 9.17) is 30.9 Å². The molecule has 12 rings (SSSR count). The number of nitrogens with zero attached hydrogens (tertiary/aromatic N) is 7. The Morgan fingerprint density at radius 3 is 1.64 bits per heavy atom. The van der Waals surface area contributed by atoms with Gasteiger partial charge in [0.05, 0.1) is 19.3 Å². The predicted molar refractivity (Wildman–Crippen MR) is 303 cm³/mol. The van der Waals surface area contributed by atoms with Crippen LogP contribution < -0.4 is 15.8 Å². The van der Waals surface area contributed by atoms with Gasteiger partial charge in [-0.05, 0) is 86.8 Å². The van der Waals surface area contributed by atoms with Gasteiger partial charge >= 0.3 is 0 Å². The summed E-state index contributed by atoms with van der Waals surface area (Å²) in [6.45, 7) is 1.43. The molecule has 0 atom stereocenters. The molecular weight excluding hydrogens is 951 g/mol. The van der Waals surface area contributed by atoms with Crippen LogP contribution in [0.25, 0.3) is 16.7 Å². The van der Waals surface area contributed by atoms with Crippen molar-refractivity contribution in [1.29, 1.82) is 0 Å². The molecule has 11 heteroatoms. The Labute approximate surface area is 447 Å². The summed E-state index contributed by atoms with van der Waals surface area (Å²) in [4.78, 5) is 20.7. The summed E-state index contributed by atoms with van der Waals surface area (Å²) >= 11 is 0. The maximum Gasteiger partial charge on any atom is 0.231 e. The number of rotatable bonds is 12. The number of nitrogens with two attached hydrogens (primary N) is 1. The Balaban J connectivity index is 1.15. The van der Waals surface area contributed by atoms with E-state index in [1.807, 2.05) is 76.2 Å². The SMILES string of the molecule is NC(=O)CN1C/C=C(/c2cc(NC(c3ccccc3)(c3ccccc3)c3ccccc3)nc3c2nnn3C(c2ccccc2)(c2ccccc2)c2ccccc2)c2cnn(c2)Cc2cccc(c2)Oc2cccc(c2)CC1. The summed E-state index contributed by atoms with van der Waals surface area (Å²) in [6, 6.07) is 81.2. The van der Waals surface area contributed by atoms with E-state index in [0.717, 1.165) is 72.7 Å². The monoisotopic (exact) mass is 1010 g/mol. The Kier molecular flexibility index (Phi) is 13.3. The molecule has 8 aromatic carbocycles. The van der Waals surface area contributed by atoms with Gasteiger partial charge in [-0.2, -0.15) is 5.10 Å². The molecule has 0 saturated carbocycles. The van der Waals surface area contributed by atoms with E-state index in [1.54, 1.807) is 0 Å². The standard InChI is InChI=1S/C66H55N9O2/c67-61(76)47-73-39-37-48-21-19-35-57(41-48)77-58-36-20-22-49(42-58)45-74-46-50(44-68-74)59(38-40-73)60-43-62(70-65(51-23-7-1-8-24-51,52-25-9-2-10-26-52)53-27-11-3-12-28-53)69-64-63(60)71-72-75(64)66(54-29-13-4-14-30-54,55-31-15-5-16-32-55)56-33-17-6-18-34-56/h1-36,38,41-44,46H,37,39-40,45,47H2,(H2,67,76)(H,69,70)/b59-38+. The first-order valence-electron chi connectivity index (χ1n) is 25.9. The lowest BCUT2D eigenvalue weighted by molar-refractivity contribution is -0.119. The second-order valence-corrected chi connectivity index (χ2v) is 19.4. The van der Waals surface area contributed by atoms with Crippen molar-refractivity contribution in [3.05, 3.63) is 311 Å². The minimum atomic E-state index is -1.07. The van der Waals surface area contributed by atoms with E-state index in [-0.39, 0.29) is 6.54 Å². The Morgan fingerprint density at radius 1 is 0.597 bits per heavy atom. The van der Waals surface area contributed by atoms with E-state index in [0.29, 0.717) is 43.0 Å². The van der Waals surface area contributed by atoms with Crippen LogP contribution in [0.15, 0.2) is 255 Å². The summed E-state index contributed by atoms with van der Waals surface area (Å²) in [5.74, 6) is 1.61. The Hall–Kier alpha value is -9.71. The van der Waals surface area contributed by atoms with Crippen LogP contribution >= 0.6 is 0 Å². The lowest BCUT2D eigenvalue weighted by Crippen LogP contribution is -2.39. The van der Waals surface area contributed by atoms with E-state index in [2.05, 4.69) is 198 Å². The van der Waals surface area contributed by atoms with Crippen LogP contribution in [-0.2, 0) is 28.8 Å². The number of carbonyl (C=O) groups is 1. The fraction of sp³-hybridized carbons (Fsp3) is 0.106. The van der Waals surface area contributed by atoms with Gasteiger partial charge in [-0.3, -0.25) is 14.4 Å². The number of ether oxygens (including phenoxy) is 1. The third-order valence-electron chi connectivity index (χ3n) is 14.5. The molecule has 11 nitrogen and oxygen atoms in total. The number of fused-ring (bicyclic) bond motifs is 7. The molecule has 3 aromatic heterocycles. The average molecular weight is 1010 g/mol. The van der Waals surface area contributed by atoms with E-state index in [9.17, 15) is 4.79 Å². The number of benzene rings is 8. The molecule has 4 heterocycles. The van der Waals surface area contributed by atoms with Crippen LogP contribution in [0.5, 0.6) is 11.5 Å². The zero-order chi connectivity index (χ0) is 52.0. The van der Waals surface area contributed by atoms with Gasteiger partial charge in [-0.15, -0.1) is 5.10 Å². The number of carbonyl (C=O) groups excluding carboxylic acids is 1. The van der Waals surface area contributed by atoms with Crippen LogP contribution in [0, 0.1) is 0 Å². The smallest absolute Gasteiger partial charge is 0.231 e. The van der Waals surface area contributed by atoms with Crippen LogP contribution in [0.1, 0.15) is 55.6 Å². The van der Waals surface area contributed by atoms with Gasteiger partial charge < -0.3 is 15.8 Å². The Morgan fingerprint density at radius 2 is 1.10 bits per heavy atom. The van der Waals surface area contributed by atoms with Crippen LogP contribution in [0.4, 0.5) is 5.82 Å². The molecule has 0 fully saturated rings. The molecule has 6 bridgehead atoms. The lowest BCUT2D eigenvalue weighted by Gasteiger charge is -2.38.